The maximum absolute atomic E-state index is 5.45. The Labute approximate surface area is 80.6 Å². The molecule has 12 heavy (non-hydrogen) atoms. The van der Waals surface area contributed by atoms with Gasteiger partial charge in [-0.15, -0.1) is 0 Å². The monoisotopic (exact) mass is 226 g/mol. The predicted octanol–water partition coefficient (Wildman–Crippen LogP) is 2.77. The summed E-state index contributed by atoms with van der Waals surface area (Å²) in [6.45, 7) is 3.81. The third kappa shape index (κ3) is 2.34. The normalized spacial score (nSPS) is 11.8. The molecule has 0 bridgehead atoms. The zero-order valence-electron chi connectivity index (χ0n) is 7.13. The summed E-state index contributed by atoms with van der Waals surface area (Å²) >= 11 is 3.43. The molecule has 0 aromatic heterocycles. The number of hydrogen-bond donors (Lipinski definition) is 1. The third-order valence-corrected chi connectivity index (χ3v) is 2.32. The van der Waals surface area contributed by atoms with E-state index in [9.17, 15) is 0 Å². The first kappa shape index (κ1) is 9.26. The number of amidine groups is 1. The molecule has 0 amide bonds. The first-order valence-corrected chi connectivity index (χ1v) is 4.46. The van der Waals surface area contributed by atoms with E-state index < -0.39 is 0 Å². The van der Waals surface area contributed by atoms with E-state index in [1.54, 1.807) is 6.92 Å². The molecule has 0 aliphatic heterocycles. The number of nitrogens with zero attached hydrogens (tertiary/aromatic N) is 1. The number of rotatable bonds is 1. The highest BCUT2D eigenvalue weighted by molar-refractivity contribution is 9.10. The highest BCUT2D eigenvalue weighted by atomic mass is 79.9. The molecule has 0 saturated carbocycles. The van der Waals surface area contributed by atoms with Crippen molar-refractivity contribution < 1.29 is 0 Å². The zero-order valence-corrected chi connectivity index (χ0v) is 8.72. The molecule has 1 rings (SSSR count). The largest absolute Gasteiger partial charge is 0.387 e. The Morgan fingerprint density at radius 3 is 2.67 bits per heavy atom. The van der Waals surface area contributed by atoms with Gasteiger partial charge in [0, 0.05) is 4.47 Å². The van der Waals surface area contributed by atoms with Crippen molar-refractivity contribution in [3.63, 3.8) is 0 Å². The van der Waals surface area contributed by atoms with Crippen LogP contribution in [-0.4, -0.2) is 5.84 Å². The Morgan fingerprint density at radius 2 is 2.17 bits per heavy atom. The lowest BCUT2D eigenvalue weighted by atomic mass is 10.2. The number of aryl methyl sites for hydroxylation is 1. The van der Waals surface area contributed by atoms with E-state index in [1.165, 1.54) is 5.56 Å². The Hall–Kier alpha value is -0.830. The van der Waals surface area contributed by atoms with Crippen molar-refractivity contribution in [1.29, 1.82) is 0 Å². The maximum Gasteiger partial charge on any atom is 0.0964 e. The molecule has 3 heteroatoms. The Balaban J connectivity index is 3.05. The van der Waals surface area contributed by atoms with Gasteiger partial charge >= 0.3 is 0 Å². The van der Waals surface area contributed by atoms with Gasteiger partial charge in [-0.3, -0.25) is 0 Å². The van der Waals surface area contributed by atoms with E-state index in [4.69, 9.17) is 5.73 Å². The third-order valence-electron chi connectivity index (χ3n) is 1.46. The van der Waals surface area contributed by atoms with Gasteiger partial charge in [-0.05, 0) is 31.5 Å². The lowest BCUT2D eigenvalue weighted by Gasteiger charge is -1.99. The second kappa shape index (κ2) is 3.72. The number of nitrogens with two attached hydrogens (primary N) is 1. The molecule has 2 nitrogen and oxygen atoms in total. The summed E-state index contributed by atoms with van der Waals surface area (Å²) in [5, 5.41) is 0. The highest BCUT2D eigenvalue weighted by Crippen LogP contribution is 2.22. The summed E-state index contributed by atoms with van der Waals surface area (Å²) in [7, 11) is 0. The molecule has 0 unspecified atom stereocenters. The second-order valence-corrected chi connectivity index (χ2v) is 3.54. The molecule has 0 aliphatic rings. The fraction of sp³-hybridized carbons (Fsp3) is 0.222. The average molecular weight is 227 g/mol. The molecule has 0 aliphatic carbocycles. The SMILES string of the molecule is CC(N)=Nc1ccc(C)c(Br)c1. The maximum atomic E-state index is 5.45. The van der Waals surface area contributed by atoms with Gasteiger partial charge in [-0.1, -0.05) is 22.0 Å². The molecule has 2 N–H and O–H groups in total. The minimum Gasteiger partial charge on any atom is -0.387 e. The summed E-state index contributed by atoms with van der Waals surface area (Å²) in [6.07, 6.45) is 0. The summed E-state index contributed by atoms with van der Waals surface area (Å²) < 4.78 is 1.06. The standard InChI is InChI=1S/C9H11BrN2/c1-6-3-4-8(5-9(6)10)12-7(2)11/h3-5H,1-2H3,(H2,11,12). The van der Waals surface area contributed by atoms with E-state index in [1.807, 2.05) is 25.1 Å². The van der Waals surface area contributed by atoms with Crippen LogP contribution in [0.1, 0.15) is 12.5 Å². The van der Waals surface area contributed by atoms with Crippen molar-refractivity contribution in [2.24, 2.45) is 10.7 Å². The fourth-order valence-electron chi connectivity index (χ4n) is 0.855. The summed E-state index contributed by atoms with van der Waals surface area (Å²) in [4.78, 5) is 4.13. The number of benzene rings is 1. The summed E-state index contributed by atoms with van der Waals surface area (Å²) in [5.74, 6) is 0.575. The van der Waals surface area contributed by atoms with E-state index in [2.05, 4.69) is 20.9 Å². The molecule has 64 valence electrons. The minimum absolute atomic E-state index is 0.575. The van der Waals surface area contributed by atoms with Crippen LogP contribution in [0.2, 0.25) is 0 Å². The number of hydrogen-bond acceptors (Lipinski definition) is 1. The quantitative estimate of drug-likeness (QED) is 0.581. The van der Waals surface area contributed by atoms with Crippen molar-refractivity contribution in [3.05, 3.63) is 28.2 Å². The number of halogens is 1. The molecule has 0 fully saturated rings. The fourth-order valence-corrected chi connectivity index (χ4v) is 1.22. The molecule has 0 radical (unpaired) electrons. The molecule has 0 saturated heterocycles. The number of aliphatic imine (C=N–C) groups is 1. The van der Waals surface area contributed by atoms with Crippen LogP contribution in [0.5, 0.6) is 0 Å². The van der Waals surface area contributed by atoms with Crippen LogP contribution < -0.4 is 5.73 Å². The van der Waals surface area contributed by atoms with Gasteiger partial charge in [0.2, 0.25) is 0 Å². The Kier molecular flexibility index (Phi) is 2.87. The molecule has 1 aromatic carbocycles. The van der Waals surface area contributed by atoms with Crippen LogP contribution in [0.25, 0.3) is 0 Å². The van der Waals surface area contributed by atoms with Gasteiger partial charge in [0.1, 0.15) is 0 Å². The zero-order chi connectivity index (χ0) is 9.14. The van der Waals surface area contributed by atoms with Gasteiger partial charge in [-0.25, -0.2) is 4.99 Å². The molecule has 1 aromatic rings. The Bertz CT molecular complexity index is 314. The van der Waals surface area contributed by atoms with Crippen LogP contribution in [0.15, 0.2) is 27.7 Å². The molecule has 0 heterocycles. The first-order chi connectivity index (χ1) is 5.59. The average Bonchev–Trinajstić information content (AvgIpc) is 1.96. The lowest BCUT2D eigenvalue weighted by molar-refractivity contribution is 1.38. The van der Waals surface area contributed by atoms with Crippen LogP contribution in [0, 0.1) is 6.92 Å². The van der Waals surface area contributed by atoms with Crippen molar-refractivity contribution in [2.75, 3.05) is 0 Å². The van der Waals surface area contributed by atoms with Crippen molar-refractivity contribution in [3.8, 4) is 0 Å². The minimum atomic E-state index is 0.575. The topological polar surface area (TPSA) is 38.4 Å². The van der Waals surface area contributed by atoms with Gasteiger partial charge < -0.3 is 5.73 Å². The van der Waals surface area contributed by atoms with E-state index >= 15 is 0 Å². The molecule has 0 atom stereocenters. The van der Waals surface area contributed by atoms with Gasteiger partial charge in [0.25, 0.3) is 0 Å². The van der Waals surface area contributed by atoms with Crippen LogP contribution in [0.4, 0.5) is 5.69 Å². The van der Waals surface area contributed by atoms with Crippen molar-refractivity contribution in [1.82, 2.24) is 0 Å². The van der Waals surface area contributed by atoms with Crippen LogP contribution in [-0.2, 0) is 0 Å². The first-order valence-electron chi connectivity index (χ1n) is 3.66. The highest BCUT2D eigenvalue weighted by Gasteiger charge is 1.95. The smallest absolute Gasteiger partial charge is 0.0964 e. The summed E-state index contributed by atoms with van der Waals surface area (Å²) in [6, 6.07) is 5.90. The van der Waals surface area contributed by atoms with Gasteiger partial charge in [0.15, 0.2) is 0 Å². The van der Waals surface area contributed by atoms with Crippen LogP contribution in [0.3, 0.4) is 0 Å². The lowest BCUT2D eigenvalue weighted by Crippen LogP contribution is -2.03. The van der Waals surface area contributed by atoms with E-state index in [-0.39, 0.29) is 0 Å². The predicted molar refractivity (Wildman–Crippen MR) is 55.8 cm³/mol. The Morgan fingerprint density at radius 1 is 1.50 bits per heavy atom. The van der Waals surface area contributed by atoms with Crippen LogP contribution >= 0.6 is 15.9 Å². The van der Waals surface area contributed by atoms with Gasteiger partial charge in [-0.2, -0.15) is 0 Å². The van der Waals surface area contributed by atoms with Crippen molar-refractivity contribution >= 4 is 27.5 Å². The van der Waals surface area contributed by atoms with Gasteiger partial charge in [0.05, 0.1) is 11.5 Å². The molecular formula is C9H11BrN2. The summed E-state index contributed by atoms with van der Waals surface area (Å²) in [5.41, 5.74) is 7.53. The second-order valence-electron chi connectivity index (χ2n) is 2.69. The van der Waals surface area contributed by atoms with E-state index in [0.29, 0.717) is 5.84 Å². The van der Waals surface area contributed by atoms with E-state index in [0.717, 1.165) is 10.2 Å². The van der Waals surface area contributed by atoms with Crippen molar-refractivity contribution in [2.45, 2.75) is 13.8 Å². The molecular weight excluding hydrogens is 216 g/mol. The molecule has 0 spiro atoms.